The highest BCUT2D eigenvalue weighted by atomic mass is 16.4. The van der Waals surface area contributed by atoms with Crippen LogP contribution >= 0.6 is 0 Å². The first kappa shape index (κ1) is 14.1. The number of rotatable bonds is 6. The van der Waals surface area contributed by atoms with Gasteiger partial charge in [-0.3, -0.25) is 0 Å². The Balaban J connectivity index is 1.38. The number of benzene rings is 1. The summed E-state index contributed by atoms with van der Waals surface area (Å²) in [5, 5.41) is 19.9. The largest absolute Gasteiger partial charge is 0.424 e. The molecule has 0 bridgehead atoms. The smallest absolute Gasteiger partial charge is 0.230 e. The summed E-state index contributed by atoms with van der Waals surface area (Å²) in [6.45, 7) is 2.57. The molecule has 1 aromatic carbocycles. The van der Waals surface area contributed by atoms with Crippen molar-refractivity contribution < 1.29 is 4.42 Å². The van der Waals surface area contributed by atoms with Crippen LogP contribution in [0.1, 0.15) is 49.2 Å². The van der Waals surface area contributed by atoms with E-state index >= 15 is 0 Å². The molecule has 7 nitrogen and oxygen atoms in total. The number of hydrogen-bond donors (Lipinski definition) is 1. The summed E-state index contributed by atoms with van der Waals surface area (Å²) in [7, 11) is 0. The lowest BCUT2D eigenvalue weighted by molar-refractivity contribution is 0.418. The van der Waals surface area contributed by atoms with Crippen LogP contribution in [0.5, 0.6) is 0 Å². The summed E-state index contributed by atoms with van der Waals surface area (Å²) in [5.74, 6) is 1.87. The Kier molecular flexibility index (Phi) is 3.63. The standard InChI is InChI=1S/C16H18N6O/c1-11(17-9-15-19-20-16(23-15)12-7-8-12)14-10-22(21-18-14)13-5-3-2-4-6-13/h2-6,10-12,17H,7-9H2,1H3/t11-/m1/s1. The van der Waals surface area contributed by atoms with Crippen LogP contribution in [-0.2, 0) is 6.54 Å². The van der Waals surface area contributed by atoms with Gasteiger partial charge in [0.05, 0.1) is 30.2 Å². The van der Waals surface area contributed by atoms with E-state index in [1.54, 1.807) is 4.68 Å². The van der Waals surface area contributed by atoms with Crippen molar-refractivity contribution in [3.8, 4) is 5.69 Å². The Morgan fingerprint density at radius 2 is 2.04 bits per heavy atom. The van der Waals surface area contributed by atoms with Crippen molar-refractivity contribution >= 4 is 0 Å². The molecule has 0 saturated heterocycles. The second-order valence-electron chi connectivity index (χ2n) is 5.83. The lowest BCUT2D eigenvalue weighted by Gasteiger charge is -2.08. The number of para-hydroxylation sites is 1. The summed E-state index contributed by atoms with van der Waals surface area (Å²) in [6, 6.07) is 9.97. The van der Waals surface area contributed by atoms with Crippen LogP contribution in [0.15, 0.2) is 40.9 Å². The maximum Gasteiger partial charge on any atom is 0.230 e. The van der Waals surface area contributed by atoms with Crippen molar-refractivity contribution in [1.82, 2.24) is 30.5 Å². The Bertz CT molecular complexity index is 777. The zero-order valence-corrected chi connectivity index (χ0v) is 12.9. The molecule has 7 heteroatoms. The zero-order chi connectivity index (χ0) is 15.6. The summed E-state index contributed by atoms with van der Waals surface area (Å²) in [5.41, 5.74) is 1.86. The Morgan fingerprint density at radius 1 is 1.22 bits per heavy atom. The van der Waals surface area contributed by atoms with Gasteiger partial charge in [0.15, 0.2) is 0 Å². The van der Waals surface area contributed by atoms with Gasteiger partial charge in [-0.1, -0.05) is 23.4 Å². The molecule has 2 aromatic heterocycles. The van der Waals surface area contributed by atoms with Crippen LogP contribution in [0.4, 0.5) is 0 Å². The SMILES string of the molecule is C[C@@H](NCc1nnc(C2CC2)o1)c1cn(-c2ccccc2)nn1. The number of nitrogens with zero attached hydrogens (tertiary/aromatic N) is 5. The van der Waals surface area contributed by atoms with Crippen LogP contribution in [0.2, 0.25) is 0 Å². The molecule has 0 spiro atoms. The monoisotopic (exact) mass is 310 g/mol. The van der Waals surface area contributed by atoms with Gasteiger partial charge in [-0.2, -0.15) is 0 Å². The first-order valence-electron chi connectivity index (χ1n) is 7.83. The minimum atomic E-state index is 0.0451. The normalized spacial score (nSPS) is 15.7. The van der Waals surface area contributed by atoms with Gasteiger partial charge in [0.25, 0.3) is 0 Å². The average Bonchev–Trinajstić information content (AvgIpc) is 3.14. The third-order valence-electron chi connectivity index (χ3n) is 3.94. The Morgan fingerprint density at radius 3 is 2.83 bits per heavy atom. The van der Waals surface area contributed by atoms with Crippen LogP contribution in [-0.4, -0.2) is 25.2 Å². The first-order chi connectivity index (χ1) is 11.3. The summed E-state index contributed by atoms with van der Waals surface area (Å²) in [6.07, 6.45) is 4.25. The van der Waals surface area contributed by atoms with Gasteiger partial charge in [-0.05, 0) is 31.9 Å². The molecule has 4 rings (SSSR count). The summed E-state index contributed by atoms with van der Waals surface area (Å²) < 4.78 is 7.41. The third kappa shape index (κ3) is 3.14. The van der Waals surface area contributed by atoms with E-state index in [2.05, 4.69) is 25.8 Å². The fourth-order valence-corrected chi connectivity index (χ4v) is 2.36. The van der Waals surface area contributed by atoms with Crippen LogP contribution in [0, 0.1) is 0 Å². The van der Waals surface area contributed by atoms with Crippen molar-refractivity contribution in [2.45, 2.75) is 38.3 Å². The van der Waals surface area contributed by atoms with Gasteiger partial charge < -0.3 is 9.73 Å². The zero-order valence-electron chi connectivity index (χ0n) is 12.9. The van der Waals surface area contributed by atoms with Crippen molar-refractivity contribution in [2.24, 2.45) is 0 Å². The van der Waals surface area contributed by atoms with E-state index < -0.39 is 0 Å². The maximum atomic E-state index is 5.64. The van der Waals surface area contributed by atoms with E-state index in [4.69, 9.17) is 4.42 Å². The molecule has 1 N–H and O–H groups in total. The number of hydrogen-bond acceptors (Lipinski definition) is 6. The highest BCUT2D eigenvalue weighted by molar-refractivity contribution is 5.30. The molecule has 1 aliphatic rings. The maximum absolute atomic E-state index is 5.64. The second kappa shape index (κ2) is 5.92. The molecular formula is C16H18N6O. The minimum absolute atomic E-state index is 0.0451. The van der Waals surface area contributed by atoms with E-state index in [1.165, 1.54) is 0 Å². The molecule has 0 amide bonds. The van der Waals surface area contributed by atoms with E-state index in [0.29, 0.717) is 18.4 Å². The first-order valence-corrected chi connectivity index (χ1v) is 7.83. The van der Waals surface area contributed by atoms with Gasteiger partial charge in [0.2, 0.25) is 11.8 Å². The van der Waals surface area contributed by atoms with Crippen molar-refractivity contribution in [3.63, 3.8) is 0 Å². The lowest BCUT2D eigenvalue weighted by atomic mass is 10.2. The fraction of sp³-hybridized carbons (Fsp3) is 0.375. The quantitative estimate of drug-likeness (QED) is 0.753. The summed E-state index contributed by atoms with van der Waals surface area (Å²) in [4.78, 5) is 0. The Hall–Kier alpha value is -2.54. The fourth-order valence-electron chi connectivity index (χ4n) is 2.36. The second-order valence-corrected chi connectivity index (χ2v) is 5.83. The van der Waals surface area contributed by atoms with Crippen LogP contribution < -0.4 is 5.32 Å². The van der Waals surface area contributed by atoms with Crippen LogP contribution in [0.3, 0.4) is 0 Å². The molecule has 1 saturated carbocycles. The predicted octanol–water partition coefficient (Wildman–Crippen LogP) is 2.38. The molecular weight excluding hydrogens is 292 g/mol. The topological polar surface area (TPSA) is 81.7 Å². The van der Waals surface area contributed by atoms with Crippen molar-refractivity contribution in [2.75, 3.05) is 0 Å². The average molecular weight is 310 g/mol. The molecule has 1 aliphatic carbocycles. The molecule has 3 aromatic rings. The minimum Gasteiger partial charge on any atom is -0.424 e. The van der Waals surface area contributed by atoms with E-state index in [-0.39, 0.29) is 6.04 Å². The molecule has 1 fully saturated rings. The highest BCUT2D eigenvalue weighted by Gasteiger charge is 2.29. The van der Waals surface area contributed by atoms with Gasteiger partial charge in [0.1, 0.15) is 0 Å². The predicted molar refractivity (Wildman–Crippen MR) is 82.9 cm³/mol. The van der Waals surface area contributed by atoms with Gasteiger partial charge >= 0.3 is 0 Å². The van der Waals surface area contributed by atoms with Crippen molar-refractivity contribution in [3.05, 3.63) is 54.0 Å². The summed E-state index contributed by atoms with van der Waals surface area (Å²) >= 11 is 0. The van der Waals surface area contributed by atoms with Crippen LogP contribution in [0.25, 0.3) is 5.69 Å². The highest BCUT2D eigenvalue weighted by Crippen LogP contribution is 2.38. The van der Waals surface area contributed by atoms with Gasteiger partial charge in [0, 0.05) is 5.92 Å². The molecule has 2 heterocycles. The van der Waals surface area contributed by atoms with E-state index in [1.807, 2.05) is 43.5 Å². The number of nitrogens with one attached hydrogen (secondary N) is 1. The van der Waals surface area contributed by atoms with Gasteiger partial charge in [-0.25, -0.2) is 4.68 Å². The molecule has 0 unspecified atom stereocenters. The lowest BCUT2D eigenvalue weighted by Crippen LogP contribution is -2.18. The van der Waals surface area contributed by atoms with Gasteiger partial charge in [-0.15, -0.1) is 15.3 Å². The number of aromatic nitrogens is 5. The molecule has 0 aliphatic heterocycles. The van der Waals surface area contributed by atoms with E-state index in [0.717, 1.165) is 30.1 Å². The molecule has 118 valence electrons. The third-order valence-corrected chi connectivity index (χ3v) is 3.94. The Labute approximate surface area is 133 Å². The van der Waals surface area contributed by atoms with Crippen molar-refractivity contribution in [1.29, 1.82) is 0 Å². The molecule has 23 heavy (non-hydrogen) atoms. The van der Waals surface area contributed by atoms with E-state index in [9.17, 15) is 0 Å². The molecule has 1 atom stereocenters. The molecule has 0 radical (unpaired) electrons.